The standard InChI is InChI=1S/C22H29N3O2S.C2H6/c1-22(27)14-13-21(26)25(22)16-6-4-5-15-23-28-20-12-8-9-17-18(20)10-7-11-19(17)24(2)3;1-2/h7-14,23,27H,4-6,15-16H2,1-3H3;1-2H3. The summed E-state index contributed by atoms with van der Waals surface area (Å²) in [5.41, 5.74) is 0.0899. The number of aliphatic hydroxyl groups is 1. The van der Waals surface area contributed by atoms with Gasteiger partial charge >= 0.3 is 0 Å². The average Bonchev–Trinajstić information content (AvgIpc) is 3.00. The molecule has 0 radical (unpaired) electrons. The van der Waals surface area contributed by atoms with Crippen molar-refractivity contribution in [2.45, 2.75) is 50.7 Å². The number of rotatable bonds is 9. The third kappa shape index (κ3) is 6.00. The Labute approximate surface area is 185 Å². The minimum Gasteiger partial charge on any atom is -0.377 e. The van der Waals surface area contributed by atoms with Gasteiger partial charge in [0.1, 0.15) is 0 Å². The van der Waals surface area contributed by atoms with E-state index in [2.05, 4.69) is 60.1 Å². The lowest BCUT2D eigenvalue weighted by Gasteiger charge is -2.29. The molecule has 6 heteroatoms. The van der Waals surface area contributed by atoms with E-state index in [0.717, 1.165) is 25.8 Å². The number of nitrogens with one attached hydrogen (secondary N) is 1. The molecule has 0 fully saturated rings. The van der Waals surface area contributed by atoms with Crippen LogP contribution in [0.5, 0.6) is 0 Å². The largest absolute Gasteiger partial charge is 0.377 e. The fourth-order valence-corrected chi connectivity index (χ4v) is 4.32. The quantitative estimate of drug-likeness (QED) is 0.443. The maximum atomic E-state index is 11.7. The molecular weight excluding hydrogens is 394 g/mol. The predicted octanol–water partition coefficient (Wildman–Crippen LogP) is 4.81. The van der Waals surface area contributed by atoms with Gasteiger partial charge in [-0.25, -0.2) is 0 Å². The average molecular weight is 430 g/mol. The first kappa shape index (κ1) is 24.3. The number of fused-ring (bicyclic) bond motifs is 1. The number of anilines is 1. The highest BCUT2D eigenvalue weighted by molar-refractivity contribution is 7.97. The number of hydrogen-bond donors (Lipinski definition) is 2. The molecule has 5 nitrogen and oxygen atoms in total. The van der Waals surface area contributed by atoms with Gasteiger partial charge in [-0.1, -0.05) is 44.5 Å². The number of benzene rings is 2. The van der Waals surface area contributed by atoms with E-state index in [4.69, 9.17) is 0 Å². The Morgan fingerprint density at radius 2 is 1.77 bits per heavy atom. The van der Waals surface area contributed by atoms with E-state index >= 15 is 0 Å². The second-order valence-corrected chi connectivity index (χ2v) is 8.43. The van der Waals surface area contributed by atoms with Crippen molar-refractivity contribution in [3.63, 3.8) is 0 Å². The predicted molar refractivity (Wildman–Crippen MR) is 129 cm³/mol. The lowest BCUT2D eigenvalue weighted by atomic mass is 10.1. The number of unbranched alkanes of at least 4 members (excludes halogenated alkanes) is 2. The van der Waals surface area contributed by atoms with Crippen molar-refractivity contribution in [2.75, 3.05) is 32.1 Å². The van der Waals surface area contributed by atoms with Crippen molar-refractivity contribution in [1.29, 1.82) is 0 Å². The van der Waals surface area contributed by atoms with Crippen LogP contribution < -0.4 is 9.62 Å². The lowest BCUT2D eigenvalue weighted by molar-refractivity contribution is -0.139. The molecule has 1 aliphatic heterocycles. The van der Waals surface area contributed by atoms with E-state index < -0.39 is 5.72 Å². The first-order valence-electron chi connectivity index (χ1n) is 10.7. The van der Waals surface area contributed by atoms with E-state index in [1.165, 1.54) is 32.3 Å². The van der Waals surface area contributed by atoms with Gasteiger partial charge < -0.3 is 14.9 Å². The van der Waals surface area contributed by atoms with E-state index in [9.17, 15) is 9.90 Å². The number of hydrogen-bond acceptors (Lipinski definition) is 5. The Bertz CT molecular complexity index is 865. The van der Waals surface area contributed by atoms with Gasteiger partial charge in [0.15, 0.2) is 5.72 Å². The van der Waals surface area contributed by atoms with E-state index in [1.54, 1.807) is 24.9 Å². The monoisotopic (exact) mass is 429 g/mol. The summed E-state index contributed by atoms with van der Waals surface area (Å²) in [6, 6.07) is 12.8. The van der Waals surface area contributed by atoms with Crippen LogP contribution in [0.15, 0.2) is 53.4 Å². The maximum absolute atomic E-state index is 11.7. The Morgan fingerprint density at radius 3 is 2.43 bits per heavy atom. The molecule has 2 N–H and O–H groups in total. The van der Waals surface area contributed by atoms with Crippen molar-refractivity contribution in [2.24, 2.45) is 0 Å². The molecule has 1 heterocycles. The summed E-state index contributed by atoms with van der Waals surface area (Å²) in [7, 11) is 4.13. The summed E-state index contributed by atoms with van der Waals surface area (Å²) in [5.74, 6) is -0.105. The first-order chi connectivity index (χ1) is 14.4. The molecule has 0 bridgehead atoms. The Morgan fingerprint density at radius 1 is 1.07 bits per heavy atom. The summed E-state index contributed by atoms with van der Waals surface area (Å²) in [4.78, 5) is 16.6. The second kappa shape index (κ2) is 11.4. The summed E-state index contributed by atoms with van der Waals surface area (Å²) >= 11 is 1.67. The van der Waals surface area contributed by atoms with Crippen LogP contribution >= 0.6 is 11.9 Å². The molecule has 1 amide bonds. The fraction of sp³-hybridized carbons (Fsp3) is 0.458. The zero-order valence-electron chi connectivity index (χ0n) is 18.8. The van der Waals surface area contributed by atoms with Crippen LogP contribution in [0.3, 0.4) is 0 Å². The topological polar surface area (TPSA) is 55.8 Å². The normalized spacial score (nSPS) is 17.9. The zero-order chi connectivity index (χ0) is 22.1. The van der Waals surface area contributed by atoms with Crippen LogP contribution in [0, 0.1) is 0 Å². The molecular formula is C24H35N3O2S. The van der Waals surface area contributed by atoms with Crippen LogP contribution in [-0.4, -0.2) is 48.8 Å². The van der Waals surface area contributed by atoms with Gasteiger partial charge in [-0.3, -0.25) is 9.52 Å². The molecule has 30 heavy (non-hydrogen) atoms. The van der Waals surface area contributed by atoms with Crippen molar-refractivity contribution in [1.82, 2.24) is 9.62 Å². The molecule has 0 aromatic heterocycles. The van der Waals surface area contributed by atoms with Gasteiger partial charge in [0.2, 0.25) is 5.91 Å². The van der Waals surface area contributed by atoms with E-state index in [0.29, 0.717) is 6.54 Å². The molecule has 1 aliphatic rings. The molecule has 2 aromatic rings. The summed E-state index contributed by atoms with van der Waals surface area (Å²) in [6.07, 6.45) is 5.92. The third-order valence-electron chi connectivity index (χ3n) is 5.04. The van der Waals surface area contributed by atoms with Gasteiger partial charge in [-0.2, -0.15) is 0 Å². The van der Waals surface area contributed by atoms with E-state index in [-0.39, 0.29) is 5.91 Å². The highest BCUT2D eigenvalue weighted by atomic mass is 32.2. The Kier molecular flexibility index (Phi) is 9.21. The number of carbonyl (C=O) groups excluding carboxylic acids is 1. The summed E-state index contributed by atoms with van der Waals surface area (Å²) in [5, 5.41) is 12.6. The fourth-order valence-electron chi connectivity index (χ4n) is 3.48. The van der Waals surface area contributed by atoms with Crippen LogP contribution in [0.25, 0.3) is 10.8 Å². The molecule has 164 valence electrons. The van der Waals surface area contributed by atoms with Crippen molar-refractivity contribution < 1.29 is 9.90 Å². The van der Waals surface area contributed by atoms with Gasteiger partial charge in [0.05, 0.1) is 0 Å². The Hall–Kier alpha value is -2.02. The number of nitrogens with zero attached hydrogens (tertiary/aromatic N) is 2. The number of carbonyl (C=O) groups is 1. The maximum Gasteiger partial charge on any atom is 0.248 e. The zero-order valence-corrected chi connectivity index (χ0v) is 19.6. The smallest absolute Gasteiger partial charge is 0.248 e. The van der Waals surface area contributed by atoms with Crippen LogP contribution in [0.2, 0.25) is 0 Å². The highest BCUT2D eigenvalue weighted by Gasteiger charge is 2.33. The minimum atomic E-state index is -1.13. The molecule has 0 saturated heterocycles. The van der Waals surface area contributed by atoms with Crippen molar-refractivity contribution in [3.8, 4) is 0 Å². The second-order valence-electron chi connectivity index (χ2n) is 7.50. The SMILES string of the molecule is CC.CN(C)c1cccc2c(SNCCCCCN3C(=O)C=CC3(C)O)cccc12. The molecule has 0 aliphatic carbocycles. The van der Waals surface area contributed by atoms with Gasteiger partial charge in [0.25, 0.3) is 0 Å². The van der Waals surface area contributed by atoms with Crippen LogP contribution in [0.4, 0.5) is 5.69 Å². The molecule has 0 spiro atoms. The highest BCUT2D eigenvalue weighted by Crippen LogP contribution is 2.32. The van der Waals surface area contributed by atoms with Crippen LogP contribution in [0.1, 0.15) is 40.0 Å². The number of amides is 1. The van der Waals surface area contributed by atoms with Crippen LogP contribution in [-0.2, 0) is 4.79 Å². The lowest BCUT2D eigenvalue weighted by Crippen LogP contribution is -2.44. The summed E-state index contributed by atoms with van der Waals surface area (Å²) < 4.78 is 3.46. The third-order valence-corrected chi connectivity index (χ3v) is 5.96. The van der Waals surface area contributed by atoms with Gasteiger partial charge in [-0.05, 0) is 55.3 Å². The Balaban J connectivity index is 0.00000155. The van der Waals surface area contributed by atoms with Gasteiger partial charge in [0, 0.05) is 49.2 Å². The van der Waals surface area contributed by atoms with E-state index in [1.807, 2.05) is 13.8 Å². The molecule has 3 rings (SSSR count). The van der Waals surface area contributed by atoms with Gasteiger partial charge in [-0.15, -0.1) is 0 Å². The summed E-state index contributed by atoms with van der Waals surface area (Å²) in [6.45, 7) is 7.14. The first-order valence-corrected chi connectivity index (χ1v) is 11.5. The minimum absolute atomic E-state index is 0.105. The molecule has 0 saturated carbocycles. The van der Waals surface area contributed by atoms with Crippen molar-refractivity contribution >= 4 is 34.3 Å². The molecule has 2 aromatic carbocycles. The van der Waals surface area contributed by atoms with Crippen molar-refractivity contribution in [3.05, 3.63) is 48.6 Å². The molecule has 1 unspecified atom stereocenters. The molecule has 1 atom stereocenters.